The molecule has 4 aliphatic rings. The number of likely N-dealkylation sites (tertiary alicyclic amines) is 1. The van der Waals surface area contributed by atoms with Crippen molar-refractivity contribution in [3.8, 4) is 29.7 Å². The first-order chi connectivity index (χ1) is 22.5. The van der Waals surface area contributed by atoms with E-state index in [0.717, 1.165) is 65.4 Å². The van der Waals surface area contributed by atoms with Crippen LogP contribution in [0, 0.1) is 35.5 Å². The number of nitriles is 1. The highest BCUT2D eigenvalue weighted by Gasteiger charge is 2.33. The highest BCUT2D eigenvalue weighted by atomic mass is 16.2. The zero-order valence-corrected chi connectivity index (χ0v) is 26.7. The van der Waals surface area contributed by atoms with Crippen LogP contribution in [-0.2, 0) is 17.6 Å². The number of aromatic nitrogens is 6. The largest absolute Gasteiger partial charge is 0.354 e. The lowest BCUT2D eigenvalue weighted by Gasteiger charge is -2.42. The molecule has 236 valence electrons. The van der Waals surface area contributed by atoms with E-state index in [-0.39, 0.29) is 24.4 Å². The van der Waals surface area contributed by atoms with Crippen LogP contribution in [-0.4, -0.2) is 66.7 Å². The van der Waals surface area contributed by atoms with Crippen molar-refractivity contribution in [1.82, 2.24) is 34.6 Å². The SMILES string of the molecule is C#CCC(=O)N1CC[C@@H](C)[C@@H](N(C)c2ncnc3c2C=CC3)C1.N#CC[C@H](C1CCCC1)n1cc(-c2ncnc3c2C=CC3)cn1. The molecule has 7 rings (SSSR count). The Hall–Kier alpha value is -4.83. The maximum Gasteiger partial charge on any atom is 0.234 e. The predicted molar refractivity (Wildman–Crippen MR) is 178 cm³/mol. The lowest BCUT2D eigenvalue weighted by Crippen LogP contribution is -2.53. The average Bonchev–Trinajstić information content (AvgIpc) is 3.91. The van der Waals surface area contributed by atoms with Crippen LogP contribution in [0.4, 0.5) is 5.82 Å². The third-order valence-electron chi connectivity index (χ3n) is 9.92. The molecule has 3 atom stereocenters. The minimum atomic E-state index is 0.0469. The fourth-order valence-corrected chi connectivity index (χ4v) is 7.30. The van der Waals surface area contributed by atoms with Gasteiger partial charge in [0, 0.05) is 55.9 Å². The molecule has 0 aromatic carbocycles. The fourth-order valence-electron chi connectivity index (χ4n) is 7.30. The van der Waals surface area contributed by atoms with Crippen molar-refractivity contribution in [3.05, 3.63) is 59.7 Å². The summed E-state index contributed by atoms with van der Waals surface area (Å²) in [4.78, 5) is 33.8. The summed E-state index contributed by atoms with van der Waals surface area (Å²) >= 11 is 0. The van der Waals surface area contributed by atoms with Crippen LogP contribution < -0.4 is 4.90 Å². The van der Waals surface area contributed by atoms with Crippen molar-refractivity contribution in [2.75, 3.05) is 25.0 Å². The summed E-state index contributed by atoms with van der Waals surface area (Å²) in [7, 11) is 2.06. The number of nitrogens with zero attached hydrogens (tertiary/aromatic N) is 9. The quantitative estimate of drug-likeness (QED) is 0.329. The van der Waals surface area contributed by atoms with E-state index < -0.39 is 0 Å². The minimum absolute atomic E-state index is 0.0469. The lowest BCUT2D eigenvalue weighted by molar-refractivity contribution is -0.131. The first-order valence-corrected chi connectivity index (χ1v) is 16.3. The molecule has 3 aliphatic carbocycles. The molecule has 4 heterocycles. The average molecular weight is 616 g/mol. The highest BCUT2D eigenvalue weighted by Crippen LogP contribution is 2.37. The van der Waals surface area contributed by atoms with Gasteiger partial charge in [-0.15, -0.1) is 6.42 Å². The summed E-state index contributed by atoms with van der Waals surface area (Å²) in [5.41, 5.74) is 6.31. The first-order valence-electron chi connectivity index (χ1n) is 16.3. The third kappa shape index (κ3) is 6.44. The number of carbonyl (C=O) groups is 1. The molecule has 3 aromatic rings. The van der Waals surface area contributed by atoms with Crippen molar-refractivity contribution in [3.63, 3.8) is 0 Å². The first kappa shape index (κ1) is 31.2. The number of hydrogen-bond donors (Lipinski definition) is 0. The molecule has 0 radical (unpaired) electrons. The van der Waals surface area contributed by atoms with Gasteiger partial charge < -0.3 is 9.80 Å². The van der Waals surface area contributed by atoms with Gasteiger partial charge in [-0.3, -0.25) is 9.48 Å². The Morgan fingerprint density at radius 3 is 2.52 bits per heavy atom. The maximum atomic E-state index is 12.1. The smallest absolute Gasteiger partial charge is 0.234 e. The molecule has 0 unspecified atom stereocenters. The topological polar surface area (TPSA) is 117 Å². The summed E-state index contributed by atoms with van der Waals surface area (Å²) in [6.07, 6.45) is 29.2. The van der Waals surface area contributed by atoms with Gasteiger partial charge in [-0.25, -0.2) is 19.9 Å². The van der Waals surface area contributed by atoms with E-state index in [2.05, 4.69) is 86.4 Å². The van der Waals surface area contributed by atoms with E-state index in [0.29, 0.717) is 24.8 Å². The van der Waals surface area contributed by atoms with Gasteiger partial charge in [0.2, 0.25) is 5.91 Å². The number of amides is 1. The summed E-state index contributed by atoms with van der Waals surface area (Å²) in [5.74, 6) is 4.51. The third-order valence-corrected chi connectivity index (χ3v) is 9.92. The zero-order chi connectivity index (χ0) is 32.0. The molecule has 10 heteroatoms. The lowest BCUT2D eigenvalue weighted by atomic mass is 9.92. The Kier molecular flexibility index (Phi) is 9.54. The van der Waals surface area contributed by atoms with Crippen LogP contribution in [0.2, 0.25) is 0 Å². The number of carbonyl (C=O) groups excluding carboxylic acids is 1. The fraction of sp³-hybridized carbons (Fsp3) is 0.472. The highest BCUT2D eigenvalue weighted by molar-refractivity contribution is 5.79. The maximum absolute atomic E-state index is 12.1. The second kappa shape index (κ2) is 14.1. The van der Waals surface area contributed by atoms with Crippen molar-refractivity contribution < 1.29 is 4.79 Å². The molecular formula is C36H41N9O. The van der Waals surface area contributed by atoms with Gasteiger partial charge in [0.15, 0.2) is 0 Å². The molecule has 1 aliphatic heterocycles. The van der Waals surface area contributed by atoms with Gasteiger partial charge in [0.25, 0.3) is 0 Å². The molecule has 1 saturated carbocycles. The number of hydrogen-bond acceptors (Lipinski definition) is 8. The summed E-state index contributed by atoms with van der Waals surface area (Å²) < 4.78 is 1.99. The molecule has 3 aromatic heterocycles. The Morgan fingerprint density at radius 2 is 1.78 bits per heavy atom. The van der Waals surface area contributed by atoms with Crippen LogP contribution >= 0.6 is 0 Å². The second-order valence-electron chi connectivity index (χ2n) is 12.7. The molecule has 0 spiro atoms. The second-order valence-corrected chi connectivity index (χ2v) is 12.7. The van der Waals surface area contributed by atoms with Gasteiger partial charge in [-0.05, 0) is 31.1 Å². The molecule has 10 nitrogen and oxygen atoms in total. The van der Waals surface area contributed by atoms with Crippen molar-refractivity contribution in [1.29, 1.82) is 5.26 Å². The van der Waals surface area contributed by atoms with E-state index in [4.69, 9.17) is 6.42 Å². The zero-order valence-electron chi connectivity index (χ0n) is 26.7. The number of anilines is 1. The monoisotopic (exact) mass is 615 g/mol. The predicted octanol–water partition coefficient (Wildman–Crippen LogP) is 5.30. The van der Waals surface area contributed by atoms with Gasteiger partial charge in [0.1, 0.15) is 18.5 Å². The van der Waals surface area contributed by atoms with Crippen LogP contribution in [0.15, 0.2) is 37.2 Å². The Labute approximate surface area is 271 Å². The summed E-state index contributed by atoms with van der Waals surface area (Å²) in [6, 6.07) is 2.75. The number of rotatable bonds is 7. The molecule has 1 amide bonds. The minimum Gasteiger partial charge on any atom is -0.354 e. The van der Waals surface area contributed by atoms with Gasteiger partial charge in [-0.2, -0.15) is 10.4 Å². The van der Waals surface area contributed by atoms with E-state index >= 15 is 0 Å². The Balaban J connectivity index is 0.000000162. The number of allylic oxidation sites excluding steroid dienone is 2. The number of likely N-dealkylation sites (N-methyl/N-ethyl adjacent to an activating group) is 1. The molecule has 0 bridgehead atoms. The Bertz CT molecular complexity index is 1700. The standard InChI is InChI=1S/C18H19N5.C18H22N4O/c19-9-8-17(13-4-1-2-5-13)23-11-14(10-22-23)18-15-6-3-7-16(15)20-12-21-18;1-4-6-17(23)22-10-9-13(2)16(11-22)21(3)18-14-7-5-8-15(14)19-12-20-18/h3,6,10-13,17H,1-2,4-5,7-8H2;1,5,7,12-13,16H,6,8-11H2,2-3H3/t17-;13-,16+/m11/s1. The molecular weight excluding hydrogens is 574 g/mol. The molecule has 0 N–H and O–H groups in total. The number of terminal acetylenes is 1. The van der Waals surface area contributed by atoms with E-state index in [1.807, 2.05) is 15.8 Å². The van der Waals surface area contributed by atoms with Crippen molar-refractivity contribution in [2.45, 2.75) is 76.8 Å². The van der Waals surface area contributed by atoms with E-state index in [1.54, 1.807) is 12.7 Å². The van der Waals surface area contributed by atoms with Gasteiger partial charge >= 0.3 is 0 Å². The normalized spacial score (nSPS) is 20.3. The van der Waals surface area contributed by atoms with Crippen molar-refractivity contribution >= 4 is 23.9 Å². The van der Waals surface area contributed by atoms with Crippen LogP contribution in [0.5, 0.6) is 0 Å². The molecule has 2 fully saturated rings. The number of fused-ring (bicyclic) bond motifs is 2. The van der Waals surface area contributed by atoms with Gasteiger partial charge in [0.05, 0.1) is 54.3 Å². The van der Waals surface area contributed by atoms with E-state index in [9.17, 15) is 10.1 Å². The number of piperidine rings is 1. The van der Waals surface area contributed by atoms with E-state index in [1.165, 1.54) is 25.7 Å². The van der Waals surface area contributed by atoms with Crippen LogP contribution in [0.25, 0.3) is 23.4 Å². The molecule has 1 saturated heterocycles. The van der Waals surface area contributed by atoms with Crippen LogP contribution in [0.3, 0.4) is 0 Å². The van der Waals surface area contributed by atoms with Gasteiger partial charge in [-0.1, -0.05) is 50.0 Å². The Morgan fingerprint density at radius 1 is 1.07 bits per heavy atom. The summed E-state index contributed by atoms with van der Waals surface area (Å²) in [6.45, 7) is 3.72. The van der Waals surface area contributed by atoms with Crippen LogP contribution in [0.1, 0.15) is 80.4 Å². The summed E-state index contributed by atoms with van der Waals surface area (Å²) in [5, 5.41) is 13.8. The van der Waals surface area contributed by atoms with Crippen molar-refractivity contribution in [2.24, 2.45) is 11.8 Å². The molecule has 46 heavy (non-hydrogen) atoms.